The van der Waals surface area contributed by atoms with Crippen molar-refractivity contribution in [3.8, 4) is 0 Å². The molecule has 3 aromatic rings. The fraction of sp³-hybridized carbons (Fsp3) is 0.182. The van der Waals surface area contributed by atoms with Crippen molar-refractivity contribution in [3.63, 3.8) is 0 Å². The third-order valence-corrected chi connectivity index (χ3v) is 4.91. The predicted octanol–water partition coefficient (Wildman–Crippen LogP) is 2.90. The molecule has 0 spiro atoms. The molecule has 2 amide bonds. The molecule has 0 fully saturated rings. The number of hydrogen-bond acceptors (Lipinski definition) is 5. The Morgan fingerprint density at radius 1 is 1.14 bits per heavy atom. The van der Waals surface area contributed by atoms with E-state index in [9.17, 15) is 9.59 Å². The molecule has 0 saturated heterocycles. The summed E-state index contributed by atoms with van der Waals surface area (Å²) in [5.41, 5.74) is 3.79. The van der Waals surface area contributed by atoms with E-state index in [-0.39, 0.29) is 18.4 Å². The van der Waals surface area contributed by atoms with Crippen molar-refractivity contribution in [2.24, 2.45) is 0 Å². The maximum Gasteiger partial charge on any atom is 0.257 e. The van der Waals surface area contributed by atoms with Crippen molar-refractivity contribution in [1.82, 2.24) is 9.97 Å². The number of aromatic nitrogens is 2. The molecule has 3 heterocycles. The molecule has 0 aliphatic carbocycles. The number of likely N-dealkylation sites (N-methyl/N-ethyl adjacent to an activating group) is 1. The Hall–Kier alpha value is -3.74. The van der Waals surface area contributed by atoms with Crippen LogP contribution in [0.3, 0.4) is 0 Å². The van der Waals surface area contributed by atoms with Crippen molar-refractivity contribution in [2.75, 3.05) is 29.1 Å². The Morgan fingerprint density at radius 3 is 2.79 bits per heavy atom. The van der Waals surface area contributed by atoms with Crippen LogP contribution in [0.1, 0.15) is 21.6 Å². The van der Waals surface area contributed by atoms with Crippen molar-refractivity contribution in [1.29, 1.82) is 0 Å². The van der Waals surface area contributed by atoms with Crippen LogP contribution in [0.4, 0.5) is 17.2 Å². The molecule has 146 valence electrons. The van der Waals surface area contributed by atoms with Gasteiger partial charge in [0.05, 0.1) is 17.8 Å². The monoisotopic (exact) mass is 387 g/mol. The van der Waals surface area contributed by atoms with Crippen LogP contribution in [0.5, 0.6) is 0 Å². The van der Waals surface area contributed by atoms with Gasteiger partial charge in [0.1, 0.15) is 5.82 Å². The molecule has 7 heteroatoms. The van der Waals surface area contributed by atoms with Gasteiger partial charge in [-0.05, 0) is 42.7 Å². The standard InChI is InChI=1S/C22H21N5O2/c1-27-19-12-16(13-24-21(19)25-14-20(27)28)22(29)26-18-8-3-2-6-15(18)9-10-17-7-4-5-11-23-17/h2-8,11-13H,9-10,14H2,1H3,(H,24,25)(H,26,29). The Balaban J connectivity index is 1.51. The molecule has 0 saturated carbocycles. The van der Waals surface area contributed by atoms with Gasteiger partial charge in [-0.1, -0.05) is 24.3 Å². The smallest absolute Gasteiger partial charge is 0.257 e. The van der Waals surface area contributed by atoms with Crippen LogP contribution in [0.2, 0.25) is 0 Å². The zero-order valence-corrected chi connectivity index (χ0v) is 16.1. The van der Waals surface area contributed by atoms with E-state index in [1.165, 1.54) is 11.1 Å². The largest absolute Gasteiger partial charge is 0.359 e. The van der Waals surface area contributed by atoms with Gasteiger partial charge in [0.25, 0.3) is 5.91 Å². The van der Waals surface area contributed by atoms with E-state index in [1.807, 2.05) is 42.5 Å². The van der Waals surface area contributed by atoms with Crippen LogP contribution in [-0.4, -0.2) is 35.4 Å². The molecule has 1 aromatic carbocycles. The van der Waals surface area contributed by atoms with E-state index in [0.717, 1.165) is 29.8 Å². The van der Waals surface area contributed by atoms with E-state index in [4.69, 9.17) is 0 Å². The van der Waals surface area contributed by atoms with Gasteiger partial charge in [0.2, 0.25) is 5.91 Å². The summed E-state index contributed by atoms with van der Waals surface area (Å²) in [6.45, 7) is 0.200. The molecular weight excluding hydrogens is 366 g/mol. The number of aryl methyl sites for hydroxylation is 2. The lowest BCUT2D eigenvalue weighted by Gasteiger charge is -2.26. The molecule has 0 unspecified atom stereocenters. The number of carbonyl (C=O) groups excluding carboxylic acids is 2. The molecule has 1 aliphatic rings. The molecule has 7 nitrogen and oxygen atoms in total. The molecule has 0 radical (unpaired) electrons. The van der Waals surface area contributed by atoms with E-state index >= 15 is 0 Å². The second kappa shape index (κ2) is 8.10. The zero-order chi connectivity index (χ0) is 20.2. The van der Waals surface area contributed by atoms with Gasteiger partial charge in [-0.15, -0.1) is 0 Å². The minimum Gasteiger partial charge on any atom is -0.359 e. The zero-order valence-electron chi connectivity index (χ0n) is 16.1. The number of benzene rings is 1. The number of anilines is 3. The minimum atomic E-state index is -0.267. The summed E-state index contributed by atoms with van der Waals surface area (Å²) in [6, 6.07) is 15.3. The number of nitrogens with one attached hydrogen (secondary N) is 2. The van der Waals surface area contributed by atoms with E-state index in [1.54, 1.807) is 19.3 Å². The van der Waals surface area contributed by atoms with E-state index in [2.05, 4.69) is 20.6 Å². The number of carbonyl (C=O) groups is 2. The average Bonchev–Trinajstić information content (AvgIpc) is 2.76. The molecule has 2 aromatic heterocycles. The maximum atomic E-state index is 12.8. The van der Waals surface area contributed by atoms with Crippen LogP contribution < -0.4 is 15.5 Å². The molecule has 0 bridgehead atoms. The minimum absolute atomic E-state index is 0.0725. The first-order valence-electron chi connectivity index (χ1n) is 9.41. The van der Waals surface area contributed by atoms with Gasteiger partial charge in [0.15, 0.2) is 0 Å². The van der Waals surface area contributed by atoms with E-state index < -0.39 is 0 Å². The number of para-hydroxylation sites is 1. The van der Waals surface area contributed by atoms with Gasteiger partial charge >= 0.3 is 0 Å². The summed E-state index contributed by atoms with van der Waals surface area (Å²) < 4.78 is 0. The van der Waals surface area contributed by atoms with Crippen LogP contribution in [0.15, 0.2) is 60.9 Å². The second-order valence-electron chi connectivity index (χ2n) is 6.83. The number of pyridine rings is 2. The maximum absolute atomic E-state index is 12.8. The van der Waals surface area contributed by atoms with E-state index in [0.29, 0.717) is 17.1 Å². The lowest BCUT2D eigenvalue weighted by atomic mass is 10.1. The third kappa shape index (κ3) is 4.08. The second-order valence-corrected chi connectivity index (χ2v) is 6.83. The highest BCUT2D eigenvalue weighted by Gasteiger charge is 2.23. The summed E-state index contributed by atoms with van der Waals surface area (Å²) in [6.07, 6.45) is 4.84. The average molecular weight is 387 g/mol. The van der Waals surface area contributed by atoms with Crippen LogP contribution in [0, 0.1) is 0 Å². The Morgan fingerprint density at radius 2 is 1.97 bits per heavy atom. The first-order valence-corrected chi connectivity index (χ1v) is 9.41. The van der Waals surface area contributed by atoms with Crippen LogP contribution in [0.25, 0.3) is 0 Å². The lowest BCUT2D eigenvalue weighted by molar-refractivity contribution is -0.116. The Kier molecular flexibility index (Phi) is 5.20. The Labute approximate surface area is 168 Å². The number of nitrogens with zero attached hydrogens (tertiary/aromatic N) is 3. The van der Waals surface area contributed by atoms with Gasteiger partial charge in [-0.2, -0.15) is 0 Å². The summed E-state index contributed by atoms with van der Waals surface area (Å²) in [5, 5.41) is 5.93. The summed E-state index contributed by atoms with van der Waals surface area (Å²) in [4.78, 5) is 34.9. The number of amides is 2. The van der Waals surface area contributed by atoms with Gasteiger partial charge in [-0.25, -0.2) is 4.98 Å². The number of fused-ring (bicyclic) bond motifs is 1. The molecule has 0 atom stereocenters. The topological polar surface area (TPSA) is 87.2 Å². The van der Waals surface area contributed by atoms with Crippen LogP contribution >= 0.6 is 0 Å². The van der Waals surface area contributed by atoms with Gasteiger partial charge < -0.3 is 15.5 Å². The highest BCUT2D eigenvalue weighted by Crippen LogP contribution is 2.27. The van der Waals surface area contributed by atoms with Crippen molar-refractivity contribution in [3.05, 3.63) is 77.7 Å². The van der Waals surface area contributed by atoms with Crippen LogP contribution in [-0.2, 0) is 17.6 Å². The summed E-state index contributed by atoms with van der Waals surface area (Å²) in [5.74, 6) is 0.258. The van der Waals surface area contributed by atoms with Crippen molar-refractivity contribution < 1.29 is 9.59 Å². The van der Waals surface area contributed by atoms with Crippen molar-refractivity contribution >= 4 is 29.0 Å². The fourth-order valence-corrected chi connectivity index (χ4v) is 3.24. The summed E-state index contributed by atoms with van der Waals surface area (Å²) in [7, 11) is 1.68. The molecule has 1 aliphatic heterocycles. The highest BCUT2D eigenvalue weighted by molar-refractivity contribution is 6.07. The number of hydrogen-bond donors (Lipinski definition) is 2. The third-order valence-electron chi connectivity index (χ3n) is 4.91. The highest BCUT2D eigenvalue weighted by atomic mass is 16.2. The lowest BCUT2D eigenvalue weighted by Crippen LogP contribution is -2.37. The molecular formula is C22H21N5O2. The first kappa shape index (κ1) is 18.6. The van der Waals surface area contributed by atoms with Gasteiger partial charge in [-0.3, -0.25) is 14.6 Å². The van der Waals surface area contributed by atoms with Crippen molar-refractivity contribution in [2.45, 2.75) is 12.8 Å². The molecule has 29 heavy (non-hydrogen) atoms. The molecule has 2 N–H and O–H groups in total. The Bertz CT molecular complexity index is 1050. The van der Waals surface area contributed by atoms with Gasteiger partial charge in [0, 0.05) is 30.8 Å². The quantitative estimate of drug-likeness (QED) is 0.703. The molecule has 4 rings (SSSR count). The predicted molar refractivity (Wildman–Crippen MR) is 112 cm³/mol. The fourth-order valence-electron chi connectivity index (χ4n) is 3.24. The normalized spacial score (nSPS) is 12.9. The summed E-state index contributed by atoms with van der Waals surface area (Å²) >= 11 is 0. The number of rotatable bonds is 5. The first-order chi connectivity index (χ1) is 14.1. The SMILES string of the molecule is CN1C(=O)CNc2ncc(C(=O)Nc3ccccc3CCc3ccccn3)cc21.